The molecule has 1 heterocycles. The fourth-order valence-electron chi connectivity index (χ4n) is 3.38. The highest BCUT2D eigenvalue weighted by Crippen LogP contribution is 2.20. The van der Waals surface area contributed by atoms with Gasteiger partial charge < -0.3 is 10.1 Å². The SMILES string of the molecule is COc1ccc(CCNCc2nn(Cc3ccc(Cl)cc3)nc2-c2ccccc2)cc1. The van der Waals surface area contributed by atoms with Crippen LogP contribution < -0.4 is 10.1 Å². The van der Waals surface area contributed by atoms with Crippen LogP contribution in [-0.4, -0.2) is 28.6 Å². The van der Waals surface area contributed by atoms with Crippen molar-refractivity contribution in [3.63, 3.8) is 0 Å². The third kappa shape index (κ3) is 5.72. The molecule has 0 amide bonds. The minimum absolute atomic E-state index is 0.600. The number of nitrogens with one attached hydrogen (secondary N) is 1. The van der Waals surface area contributed by atoms with Gasteiger partial charge >= 0.3 is 0 Å². The Balaban J connectivity index is 1.44. The molecule has 6 heteroatoms. The van der Waals surface area contributed by atoms with Gasteiger partial charge in [0.05, 0.1) is 13.7 Å². The first-order valence-corrected chi connectivity index (χ1v) is 10.7. The van der Waals surface area contributed by atoms with E-state index in [4.69, 9.17) is 26.5 Å². The lowest BCUT2D eigenvalue weighted by Crippen LogP contribution is -2.17. The lowest BCUT2D eigenvalue weighted by Gasteiger charge is -2.06. The van der Waals surface area contributed by atoms with Gasteiger partial charge in [-0.05, 0) is 48.4 Å². The largest absolute Gasteiger partial charge is 0.497 e. The third-order valence-electron chi connectivity index (χ3n) is 5.05. The molecular formula is C25H25ClN4O. The lowest BCUT2D eigenvalue weighted by molar-refractivity contribution is 0.414. The van der Waals surface area contributed by atoms with Crippen molar-refractivity contribution in [1.29, 1.82) is 0 Å². The van der Waals surface area contributed by atoms with Crippen LogP contribution in [0.2, 0.25) is 5.02 Å². The second-order valence-corrected chi connectivity index (χ2v) is 7.73. The summed E-state index contributed by atoms with van der Waals surface area (Å²) in [5.74, 6) is 0.876. The van der Waals surface area contributed by atoms with Crippen LogP contribution in [0.5, 0.6) is 5.75 Å². The number of halogens is 1. The van der Waals surface area contributed by atoms with Gasteiger partial charge in [-0.2, -0.15) is 15.0 Å². The fraction of sp³-hybridized carbons (Fsp3) is 0.200. The fourth-order valence-corrected chi connectivity index (χ4v) is 3.50. The summed E-state index contributed by atoms with van der Waals surface area (Å²) in [6.45, 7) is 2.11. The first-order chi connectivity index (χ1) is 15.2. The number of benzene rings is 3. The second-order valence-electron chi connectivity index (χ2n) is 7.29. The molecule has 0 spiro atoms. The van der Waals surface area contributed by atoms with E-state index in [0.29, 0.717) is 13.1 Å². The number of hydrogen-bond acceptors (Lipinski definition) is 4. The highest BCUT2D eigenvalue weighted by molar-refractivity contribution is 6.30. The summed E-state index contributed by atoms with van der Waals surface area (Å²) in [7, 11) is 1.68. The van der Waals surface area contributed by atoms with Crippen LogP contribution in [0, 0.1) is 0 Å². The van der Waals surface area contributed by atoms with Gasteiger partial charge in [-0.25, -0.2) is 0 Å². The maximum atomic E-state index is 6.00. The zero-order chi connectivity index (χ0) is 21.5. The van der Waals surface area contributed by atoms with Crippen LogP contribution in [0.3, 0.4) is 0 Å². The van der Waals surface area contributed by atoms with Gasteiger partial charge in [-0.1, -0.05) is 66.2 Å². The summed E-state index contributed by atoms with van der Waals surface area (Å²) in [4.78, 5) is 1.76. The van der Waals surface area contributed by atoms with Crippen molar-refractivity contribution < 1.29 is 4.74 Å². The molecule has 0 saturated heterocycles. The molecule has 0 aliphatic carbocycles. The summed E-state index contributed by atoms with van der Waals surface area (Å²) in [5.41, 5.74) is 5.29. The van der Waals surface area contributed by atoms with Gasteiger partial charge in [0, 0.05) is 17.1 Å². The smallest absolute Gasteiger partial charge is 0.118 e. The van der Waals surface area contributed by atoms with Crippen LogP contribution in [0.4, 0.5) is 0 Å². The Labute approximate surface area is 187 Å². The van der Waals surface area contributed by atoms with Crippen molar-refractivity contribution >= 4 is 11.6 Å². The summed E-state index contributed by atoms with van der Waals surface area (Å²) in [6.07, 6.45) is 0.934. The average Bonchev–Trinajstić information content (AvgIpc) is 3.22. The molecule has 5 nitrogen and oxygen atoms in total. The lowest BCUT2D eigenvalue weighted by atomic mass is 10.1. The van der Waals surface area contributed by atoms with E-state index >= 15 is 0 Å². The van der Waals surface area contributed by atoms with Crippen molar-refractivity contribution in [2.75, 3.05) is 13.7 Å². The van der Waals surface area contributed by atoms with Crippen molar-refractivity contribution in [1.82, 2.24) is 20.3 Å². The van der Waals surface area contributed by atoms with E-state index in [0.717, 1.165) is 46.3 Å². The van der Waals surface area contributed by atoms with Gasteiger partial charge in [0.15, 0.2) is 0 Å². The highest BCUT2D eigenvalue weighted by atomic mass is 35.5. The van der Waals surface area contributed by atoms with Gasteiger partial charge in [-0.15, -0.1) is 0 Å². The predicted octanol–water partition coefficient (Wildman–Crippen LogP) is 4.99. The van der Waals surface area contributed by atoms with Crippen molar-refractivity contribution in [2.24, 2.45) is 0 Å². The molecule has 1 N–H and O–H groups in total. The van der Waals surface area contributed by atoms with Gasteiger partial charge in [0.2, 0.25) is 0 Å². The molecule has 4 aromatic rings. The molecule has 3 aromatic carbocycles. The van der Waals surface area contributed by atoms with Gasteiger partial charge in [0.1, 0.15) is 17.1 Å². The van der Waals surface area contributed by atoms with E-state index < -0.39 is 0 Å². The molecule has 0 unspecified atom stereocenters. The molecular weight excluding hydrogens is 408 g/mol. The van der Waals surface area contributed by atoms with Crippen molar-refractivity contribution in [3.05, 3.63) is 101 Å². The molecule has 0 aliphatic heterocycles. The maximum absolute atomic E-state index is 6.00. The summed E-state index contributed by atoms with van der Waals surface area (Å²) < 4.78 is 5.22. The first-order valence-electron chi connectivity index (χ1n) is 10.3. The van der Waals surface area contributed by atoms with E-state index in [1.54, 1.807) is 11.9 Å². The molecule has 4 rings (SSSR count). The second kappa shape index (κ2) is 10.2. The predicted molar refractivity (Wildman–Crippen MR) is 124 cm³/mol. The van der Waals surface area contributed by atoms with E-state index in [1.165, 1.54) is 5.56 Å². The van der Waals surface area contributed by atoms with E-state index in [-0.39, 0.29) is 0 Å². The third-order valence-corrected chi connectivity index (χ3v) is 5.30. The zero-order valence-corrected chi connectivity index (χ0v) is 18.2. The number of hydrogen-bond donors (Lipinski definition) is 1. The molecule has 0 aliphatic rings. The van der Waals surface area contributed by atoms with Gasteiger partial charge in [-0.3, -0.25) is 0 Å². The van der Waals surface area contributed by atoms with E-state index in [2.05, 4.69) is 29.6 Å². The van der Waals surface area contributed by atoms with Crippen molar-refractivity contribution in [2.45, 2.75) is 19.5 Å². The Morgan fingerprint density at radius 3 is 2.29 bits per heavy atom. The standard InChI is InChI=1S/C25H25ClN4O/c1-31-23-13-9-19(10-14-23)15-16-27-17-24-25(21-5-3-2-4-6-21)29-30(28-24)18-20-7-11-22(26)12-8-20/h2-14,27H,15-18H2,1H3. The van der Waals surface area contributed by atoms with Crippen LogP contribution in [0.1, 0.15) is 16.8 Å². The van der Waals surface area contributed by atoms with Crippen molar-refractivity contribution in [3.8, 4) is 17.0 Å². The number of methoxy groups -OCH3 is 1. The monoisotopic (exact) mass is 432 g/mol. The summed E-state index contributed by atoms with van der Waals surface area (Å²) in [5, 5.41) is 13.8. The van der Waals surface area contributed by atoms with E-state index in [9.17, 15) is 0 Å². The molecule has 0 fully saturated rings. The van der Waals surface area contributed by atoms with Crippen LogP contribution in [0.15, 0.2) is 78.9 Å². The van der Waals surface area contributed by atoms with Crippen LogP contribution >= 0.6 is 11.6 Å². The minimum atomic E-state index is 0.600. The molecule has 158 valence electrons. The molecule has 0 bridgehead atoms. The quantitative estimate of drug-likeness (QED) is 0.379. The summed E-state index contributed by atoms with van der Waals surface area (Å²) >= 11 is 6.00. The van der Waals surface area contributed by atoms with Gasteiger partial charge in [0.25, 0.3) is 0 Å². The number of ether oxygens (including phenoxy) is 1. The molecule has 0 saturated carbocycles. The normalized spacial score (nSPS) is 10.9. The maximum Gasteiger partial charge on any atom is 0.118 e. The molecule has 31 heavy (non-hydrogen) atoms. The Kier molecular flexibility index (Phi) is 6.97. The average molecular weight is 433 g/mol. The Bertz CT molecular complexity index is 1090. The Hall–Kier alpha value is -3.15. The molecule has 0 radical (unpaired) electrons. The summed E-state index contributed by atoms with van der Waals surface area (Å²) in [6, 6.07) is 26.1. The van der Waals surface area contributed by atoms with E-state index in [1.807, 2.05) is 54.6 Å². The highest BCUT2D eigenvalue weighted by Gasteiger charge is 2.13. The Morgan fingerprint density at radius 2 is 1.58 bits per heavy atom. The van der Waals surface area contributed by atoms with Crippen LogP contribution in [-0.2, 0) is 19.5 Å². The first kappa shape index (κ1) is 21.1. The zero-order valence-electron chi connectivity index (χ0n) is 17.5. The molecule has 0 atom stereocenters. The topological polar surface area (TPSA) is 52.0 Å². The molecule has 1 aromatic heterocycles. The minimum Gasteiger partial charge on any atom is -0.497 e. The van der Waals surface area contributed by atoms with Crippen LogP contribution in [0.25, 0.3) is 11.3 Å². The number of nitrogens with zero attached hydrogens (tertiary/aromatic N) is 3. The Morgan fingerprint density at radius 1 is 0.871 bits per heavy atom. The number of aromatic nitrogens is 3. The number of rotatable bonds is 9.